The molecule has 17 nitrogen and oxygen atoms in total. The molecule has 0 amide bonds. The van der Waals surface area contributed by atoms with Gasteiger partial charge in [-0.25, -0.2) is 9.13 Å². The van der Waals surface area contributed by atoms with Gasteiger partial charge in [0.05, 0.1) is 26.4 Å². The molecule has 558 valence electrons. The number of phosphoric acid groups is 2. The van der Waals surface area contributed by atoms with E-state index in [9.17, 15) is 43.2 Å². The molecule has 0 rings (SSSR count). The second kappa shape index (κ2) is 66.9. The van der Waals surface area contributed by atoms with Gasteiger partial charge in [0.2, 0.25) is 0 Å². The van der Waals surface area contributed by atoms with Crippen molar-refractivity contribution in [1.82, 2.24) is 0 Å². The van der Waals surface area contributed by atoms with Crippen molar-refractivity contribution >= 4 is 39.5 Å². The number of carbonyl (C=O) groups excluding carboxylic acids is 4. The average molecular weight is 1380 g/mol. The summed E-state index contributed by atoms with van der Waals surface area (Å²) in [5.41, 5.74) is 0. The second-order valence-electron chi connectivity index (χ2n) is 28.0. The Kier molecular flexibility index (Phi) is 65.5. The van der Waals surface area contributed by atoms with Crippen molar-refractivity contribution < 1.29 is 80.2 Å². The van der Waals surface area contributed by atoms with E-state index in [1.807, 2.05) is 0 Å². The van der Waals surface area contributed by atoms with Gasteiger partial charge in [0.15, 0.2) is 12.2 Å². The fourth-order valence-corrected chi connectivity index (χ4v) is 13.1. The number of phosphoric ester groups is 2. The fourth-order valence-electron chi connectivity index (χ4n) is 11.5. The Morgan fingerprint density at radius 3 is 0.723 bits per heavy atom. The van der Waals surface area contributed by atoms with Gasteiger partial charge in [-0.3, -0.25) is 37.3 Å². The molecule has 2 unspecified atom stereocenters. The van der Waals surface area contributed by atoms with Gasteiger partial charge < -0.3 is 33.8 Å². The van der Waals surface area contributed by atoms with Crippen LogP contribution < -0.4 is 0 Å². The first kappa shape index (κ1) is 92.1. The lowest BCUT2D eigenvalue weighted by atomic mass is 10.0. The summed E-state index contributed by atoms with van der Waals surface area (Å²) < 4.78 is 68.4. The predicted molar refractivity (Wildman–Crippen MR) is 381 cm³/mol. The lowest BCUT2D eigenvalue weighted by Crippen LogP contribution is -2.30. The van der Waals surface area contributed by atoms with E-state index in [2.05, 4.69) is 41.5 Å². The first-order valence-electron chi connectivity index (χ1n) is 39.0. The standard InChI is InChI=1S/C75H146O17P2/c1-7-9-11-13-15-16-17-22-30-35-41-47-53-59-74(79)91-70(63-85-72(77)57-51-45-37-14-12-10-8-2)65-89-93(81,82)87-61-69(76)62-88-94(83,84)90-66-71(64-86-73(78)58-52-46-40-34-29-26-21-24-28-33-39-44-50-56-68(5)6)92-75(80)60-54-48-42-36-31-25-20-18-19-23-27-32-38-43-49-55-67(3)4/h67-71,76H,7-66H2,1-6H3,(H,81,82)(H,83,84)/t69-,70+,71+/m0/s1. The van der Waals surface area contributed by atoms with Crippen LogP contribution in [0.25, 0.3) is 0 Å². The largest absolute Gasteiger partial charge is 0.472 e. The Hall–Kier alpha value is -1.94. The number of aliphatic hydroxyl groups excluding tert-OH is 1. The van der Waals surface area contributed by atoms with Gasteiger partial charge in [-0.05, 0) is 37.5 Å². The minimum absolute atomic E-state index is 0.107. The Bertz CT molecular complexity index is 1820. The molecular formula is C75H146O17P2. The van der Waals surface area contributed by atoms with Crippen molar-refractivity contribution in [2.45, 2.75) is 407 Å². The highest BCUT2D eigenvalue weighted by Gasteiger charge is 2.30. The van der Waals surface area contributed by atoms with E-state index < -0.39 is 97.5 Å². The summed E-state index contributed by atoms with van der Waals surface area (Å²) in [6, 6.07) is 0. The van der Waals surface area contributed by atoms with Crippen LogP contribution in [-0.4, -0.2) is 96.7 Å². The van der Waals surface area contributed by atoms with Crippen LogP contribution in [0, 0.1) is 11.8 Å². The summed E-state index contributed by atoms with van der Waals surface area (Å²) in [7, 11) is -9.90. The molecule has 0 spiro atoms. The zero-order chi connectivity index (χ0) is 69.3. The molecule has 3 N–H and O–H groups in total. The maximum absolute atomic E-state index is 13.1. The number of rotatable bonds is 74. The molecule has 0 aromatic carbocycles. The van der Waals surface area contributed by atoms with E-state index >= 15 is 0 Å². The Balaban J connectivity index is 5.20. The molecule has 0 aromatic rings. The molecule has 0 bridgehead atoms. The smallest absolute Gasteiger partial charge is 0.462 e. The quantitative estimate of drug-likeness (QED) is 0.0222. The number of unbranched alkanes of at least 4 members (excludes halogenated alkanes) is 44. The Morgan fingerprint density at radius 1 is 0.287 bits per heavy atom. The highest BCUT2D eigenvalue weighted by molar-refractivity contribution is 7.47. The number of hydrogen-bond donors (Lipinski definition) is 3. The van der Waals surface area contributed by atoms with Crippen LogP contribution in [0.1, 0.15) is 388 Å². The highest BCUT2D eigenvalue weighted by atomic mass is 31.2. The van der Waals surface area contributed by atoms with Crippen LogP contribution in [0.15, 0.2) is 0 Å². The number of esters is 4. The van der Waals surface area contributed by atoms with Gasteiger partial charge in [0.25, 0.3) is 0 Å². The molecule has 94 heavy (non-hydrogen) atoms. The van der Waals surface area contributed by atoms with Gasteiger partial charge in [0, 0.05) is 25.7 Å². The third-order valence-electron chi connectivity index (χ3n) is 17.5. The van der Waals surface area contributed by atoms with Gasteiger partial charge in [0.1, 0.15) is 19.3 Å². The summed E-state index contributed by atoms with van der Waals surface area (Å²) in [6.45, 7) is 9.60. The number of ether oxygens (including phenoxy) is 4. The monoisotopic (exact) mass is 1380 g/mol. The summed E-state index contributed by atoms with van der Waals surface area (Å²) >= 11 is 0. The predicted octanol–water partition coefficient (Wildman–Crippen LogP) is 21.9. The number of carbonyl (C=O) groups is 4. The van der Waals surface area contributed by atoms with Crippen molar-refractivity contribution in [1.29, 1.82) is 0 Å². The van der Waals surface area contributed by atoms with E-state index in [0.29, 0.717) is 25.7 Å². The Morgan fingerprint density at radius 2 is 0.489 bits per heavy atom. The molecular weight excluding hydrogens is 1230 g/mol. The summed E-state index contributed by atoms with van der Waals surface area (Å²) in [4.78, 5) is 72.6. The lowest BCUT2D eigenvalue weighted by molar-refractivity contribution is -0.161. The van der Waals surface area contributed by atoms with E-state index in [1.54, 1.807) is 0 Å². The van der Waals surface area contributed by atoms with E-state index in [-0.39, 0.29) is 25.7 Å². The van der Waals surface area contributed by atoms with E-state index in [0.717, 1.165) is 115 Å². The van der Waals surface area contributed by atoms with Crippen LogP contribution in [0.5, 0.6) is 0 Å². The normalized spacial score (nSPS) is 14.0. The fraction of sp³-hybridized carbons (Fsp3) is 0.947. The maximum Gasteiger partial charge on any atom is 0.472 e. The van der Waals surface area contributed by atoms with Crippen LogP contribution >= 0.6 is 15.6 Å². The van der Waals surface area contributed by atoms with Crippen molar-refractivity contribution in [2.24, 2.45) is 11.8 Å². The average Bonchev–Trinajstić information content (AvgIpc) is 1.77. The second-order valence-corrected chi connectivity index (χ2v) is 30.9. The summed E-state index contributed by atoms with van der Waals surface area (Å²) in [5, 5.41) is 10.6. The first-order valence-corrected chi connectivity index (χ1v) is 42.0. The molecule has 0 aromatic heterocycles. The zero-order valence-electron chi connectivity index (χ0n) is 61.3. The van der Waals surface area contributed by atoms with Gasteiger partial charge in [-0.2, -0.15) is 0 Å². The number of hydrogen-bond acceptors (Lipinski definition) is 15. The molecule has 5 atom stereocenters. The molecule has 0 aliphatic heterocycles. The first-order chi connectivity index (χ1) is 45.4. The van der Waals surface area contributed by atoms with Crippen LogP contribution in [0.2, 0.25) is 0 Å². The minimum Gasteiger partial charge on any atom is -0.462 e. The minimum atomic E-state index is -4.96. The van der Waals surface area contributed by atoms with E-state index in [1.165, 1.54) is 193 Å². The number of aliphatic hydroxyl groups is 1. The van der Waals surface area contributed by atoms with Crippen LogP contribution in [-0.2, 0) is 65.4 Å². The topological polar surface area (TPSA) is 237 Å². The third kappa shape index (κ3) is 68.6. The van der Waals surface area contributed by atoms with Crippen LogP contribution in [0.3, 0.4) is 0 Å². The summed E-state index contributed by atoms with van der Waals surface area (Å²) in [6.07, 6.45) is 54.1. The molecule has 0 radical (unpaired) electrons. The molecule has 0 heterocycles. The van der Waals surface area contributed by atoms with Crippen molar-refractivity contribution in [2.75, 3.05) is 39.6 Å². The summed E-state index contributed by atoms with van der Waals surface area (Å²) in [5.74, 6) is -0.526. The SMILES string of the molecule is CCCCCCCCCCCCCCCC(=O)O[C@H](COC(=O)CCCCCCCCC)COP(=O)(O)OC[C@H](O)COP(=O)(O)OC[C@@H](COC(=O)CCCCCCCCCCCCCCCC(C)C)OC(=O)CCCCCCCCCCCCCCCCCC(C)C. The van der Waals surface area contributed by atoms with Gasteiger partial charge >= 0.3 is 39.5 Å². The Labute approximate surface area is 575 Å². The molecule has 0 aliphatic carbocycles. The molecule has 0 saturated heterocycles. The molecule has 0 saturated carbocycles. The van der Waals surface area contributed by atoms with Gasteiger partial charge in [-0.15, -0.1) is 0 Å². The van der Waals surface area contributed by atoms with Crippen molar-refractivity contribution in [3.05, 3.63) is 0 Å². The molecule has 0 fully saturated rings. The van der Waals surface area contributed by atoms with Crippen molar-refractivity contribution in [3.63, 3.8) is 0 Å². The maximum atomic E-state index is 13.1. The highest BCUT2D eigenvalue weighted by Crippen LogP contribution is 2.45. The van der Waals surface area contributed by atoms with E-state index in [4.69, 9.17) is 37.0 Å². The van der Waals surface area contributed by atoms with Crippen molar-refractivity contribution in [3.8, 4) is 0 Å². The van der Waals surface area contributed by atoms with Gasteiger partial charge in [-0.1, -0.05) is 337 Å². The molecule has 19 heteroatoms. The molecule has 0 aliphatic rings. The van der Waals surface area contributed by atoms with Crippen LogP contribution in [0.4, 0.5) is 0 Å². The zero-order valence-corrected chi connectivity index (χ0v) is 63.1. The third-order valence-corrected chi connectivity index (χ3v) is 19.4. The lowest BCUT2D eigenvalue weighted by Gasteiger charge is -2.21.